The van der Waals surface area contributed by atoms with E-state index in [0.717, 1.165) is 44.3 Å². The molecule has 0 amide bonds. The van der Waals surface area contributed by atoms with Crippen LogP contribution in [0.2, 0.25) is 0 Å². The Labute approximate surface area is 266 Å². The van der Waals surface area contributed by atoms with Gasteiger partial charge >= 0.3 is 5.97 Å². The lowest BCUT2D eigenvalue weighted by Gasteiger charge is -2.18. The van der Waals surface area contributed by atoms with Crippen molar-refractivity contribution >= 4 is 33.5 Å². The summed E-state index contributed by atoms with van der Waals surface area (Å²) in [4.78, 5) is 26.4. The van der Waals surface area contributed by atoms with E-state index in [2.05, 4.69) is 15.1 Å². The second kappa shape index (κ2) is 14.3. The maximum absolute atomic E-state index is 11.0. The number of aromatic nitrogens is 2. The van der Waals surface area contributed by atoms with E-state index < -0.39 is 12.1 Å². The molecule has 2 aromatic heterocycles. The predicted octanol–water partition coefficient (Wildman–Crippen LogP) is 8.29. The van der Waals surface area contributed by atoms with Crippen LogP contribution in [0.4, 0.5) is 0 Å². The number of carboxylic acids is 1. The Bertz CT molecular complexity index is 1850. The lowest BCUT2D eigenvalue weighted by Crippen LogP contribution is -2.06. The van der Waals surface area contributed by atoms with Gasteiger partial charge in [0.1, 0.15) is 24.7 Å². The molecule has 46 heavy (non-hydrogen) atoms. The van der Waals surface area contributed by atoms with E-state index in [1.54, 1.807) is 6.92 Å². The van der Waals surface area contributed by atoms with Crippen molar-refractivity contribution in [2.45, 2.75) is 39.1 Å². The van der Waals surface area contributed by atoms with Crippen LogP contribution in [0.15, 0.2) is 126 Å². The van der Waals surface area contributed by atoms with E-state index in [1.807, 2.05) is 121 Å². The molecule has 6 rings (SSSR count). The van der Waals surface area contributed by atoms with Gasteiger partial charge in [0.25, 0.3) is 0 Å². The van der Waals surface area contributed by atoms with Crippen LogP contribution in [-0.2, 0) is 22.8 Å². The molecule has 0 bridgehead atoms. The zero-order valence-corrected chi connectivity index (χ0v) is 25.4. The fourth-order valence-corrected chi connectivity index (χ4v) is 4.96. The van der Waals surface area contributed by atoms with E-state index in [0.29, 0.717) is 36.8 Å². The first-order valence-corrected chi connectivity index (χ1v) is 15.1. The number of aliphatic carboxylic acids is 1. The quantitative estimate of drug-likeness (QED) is 0.104. The van der Waals surface area contributed by atoms with Gasteiger partial charge in [-0.1, -0.05) is 78.0 Å². The van der Waals surface area contributed by atoms with Crippen molar-refractivity contribution in [3.8, 4) is 11.5 Å². The number of oxime groups is 1. The van der Waals surface area contributed by atoms with Crippen LogP contribution >= 0.6 is 0 Å². The van der Waals surface area contributed by atoms with Gasteiger partial charge in [0.2, 0.25) is 0 Å². The number of benzene rings is 4. The Balaban J connectivity index is 1.15. The number of hydrogen-bond acceptors (Lipinski definition) is 7. The number of para-hydroxylation sites is 2. The molecule has 0 unspecified atom stereocenters. The highest BCUT2D eigenvalue weighted by atomic mass is 16.6. The Hall–Kier alpha value is -5.76. The first kappa shape index (κ1) is 30.3. The molecule has 0 aliphatic rings. The number of rotatable bonds is 13. The zero-order chi connectivity index (χ0) is 31.7. The van der Waals surface area contributed by atoms with Crippen LogP contribution in [-0.4, -0.2) is 26.8 Å². The number of ether oxygens (including phenoxy) is 2. The lowest BCUT2D eigenvalue weighted by atomic mass is 10.0. The third-order valence-corrected chi connectivity index (χ3v) is 7.47. The molecule has 0 radical (unpaired) electrons. The van der Waals surface area contributed by atoms with Crippen LogP contribution < -0.4 is 9.47 Å². The monoisotopic (exact) mass is 611 g/mol. The predicted molar refractivity (Wildman–Crippen MR) is 178 cm³/mol. The molecule has 0 spiro atoms. The van der Waals surface area contributed by atoms with Gasteiger partial charge in [0.15, 0.2) is 6.10 Å². The lowest BCUT2D eigenvalue weighted by molar-refractivity contribution is -0.136. The fraction of sp³-hybridized carbons (Fsp3) is 0.158. The van der Waals surface area contributed by atoms with E-state index >= 15 is 0 Å². The molecule has 0 aliphatic carbocycles. The van der Waals surface area contributed by atoms with Gasteiger partial charge in [0.05, 0.1) is 34.6 Å². The van der Waals surface area contributed by atoms with E-state index in [9.17, 15) is 4.79 Å². The highest BCUT2D eigenvalue weighted by molar-refractivity contribution is 5.84. The van der Waals surface area contributed by atoms with Crippen molar-refractivity contribution in [2.24, 2.45) is 5.16 Å². The second-order valence-corrected chi connectivity index (χ2v) is 10.9. The molecular weight excluding hydrogens is 578 g/mol. The summed E-state index contributed by atoms with van der Waals surface area (Å²) >= 11 is 0. The van der Waals surface area contributed by atoms with E-state index in [-0.39, 0.29) is 6.42 Å². The zero-order valence-electron chi connectivity index (χ0n) is 25.4. The maximum Gasteiger partial charge on any atom is 0.303 e. The van der Waals surface area contributed by atoms with Crippen molar-refractivity contribution < 1.29 is 24.2 Å². The Kier molecular flexibility index (Phi) is 9.44. The number of nitrogens with zero attached hydrogens (tertiary/aromatic N) is 3. The van der Waals surface area contributed by atoms with E-state index in [1.165, 1.54) is 0 Å². The number of fused-ring (bicyclic) bond motifs is 2. The topological polar surface area (TPSA) is 103 Å². The maximum atomic E-state index is 11.0. The summed E-state index contributed by atoms with van der Waals surface area (Å²) in [7, 11) is 0. The first-order chi connectivity index (χ1) is 22.5. The molecule has 0 atom stereocenters. The second-order valence-electron chi connectivity index (χ2n) is 10.9. The van der Waals surface area contributed by atoms with Crippen molar-refractivity contribution in [1.29, 1.82) is 0 Å². The Morgan fingerprint density at radius 1 is 0.652 bits per heavy atom. The molecule has 8 heteroatoms. The highest BCUT2D eigenvalue weighted by Crippen LogP contribution is 2.30. The van der Waals surface area contributed by atoms with Crippen molar-refractivity contribution in [2.75, 3.05) is 0 Å². The average Bonchev–Trinajstić information content (AvgIpc) is 3.10. The Morgan fingerprint density at radius 3 is 1.61 bits per heavy atom. The number of hydrogen-bond donors (Lipinski definition) is 1. The van der Waals surface area contributed by atoms with Gasteiger partial charge in [-0.3, -0.25) is 4.79 Å². The van der Waals surface area contributed by atoms with Crippen LogP contribution in [0.5, 0.6) is 11.5 Å². The molecule has 0 saturated carbocycles. The minimum absolute atomic E-state index is 0.0143. The third-order valence-electron chi connectivity index (χ3n) is 7.47. The minimum atomic E-state index is -0.880. The smallest absolute Gasteiger partial charge is 0.303 e. The summed E-state index contributed by atoms with van der Waals surface area (Å²) < 4.78 is 12.1. The van der Waals surface area contributed by atoms with Gasteiger partial charge in [0, 0.05) is 10.8 Å². The van der Waals surface area contributed by atoms with Gasteiger partial charge in [-0.25, -0.2) is 9.97 Å². The van der Waals surface area contributed by atoms with Crippen LogP contribution in [0.1, 0.15) is 48.4 Å². The molecule has 2 heterocycles. The normalized spacial score (nSPS) is 11.6. The number of carbonyl (C=O) groups is 1. The standard InChI is InChI=1S/C38H33N3O5/c1-26(10-23-37(42)43)41-46-38(29-13-19-33(20-14-29)44-24-31-17-11-27-6-2-4-8-35(27)39-31)30-15-21-34(22-16-30)45-25-32-18-12-28-7-3-5-9-36(28)40-32/h2-9,11-22,38H,10,23-25H2,1H3,(H,42,43)/b41-26+. The molecule has 8 nitrogen and oxygen atoms in total. The average molecular weight is 612 g/mol. The summed E-state index contributed by atoms with van der Waals surface area (Å²) in [6, 6.07) is 39.3. The van der Waals surface area contributed by atoms with Crippen molar-refractivity contribution in [1.82, 2.24) is 9.97 Å². The fourth-order valence-electron chi connectivity index (χ4n) is 4.96. The van der Waals surface area contributed by atoms with Crippen LogP contribution in [0.3, 0.4) is 0 Å². The number of pyridine rings is 2. The van der Waals surface area contributed by atoms with Crippen molar-refractivity contribution in [3.63, 3.8) is 0 Å². The molecule has 1 N–H and O–H groups in total. The van der Waals surface area contributed by atoms with Gasteiger partial charge < -0.3 is 19.4 Å². The summed E-state index contributed by atoms with van der Waals surface area (Å²) in [5.41, 5.74) is 5.86. The molecular formula is C38H33N3O5. The minimum Gasteiger partial charge on any atom is -0.487 e. The van der Waals surface area contributed by atoms with Crippen LogP contribution in [0.25, 0.3) is 21.8 Å². The summed E-state index contributed by atoms with van der Waals surface area (Å²) in [5.74, 6) is 0.518. The summed E-state index contributed by atoms with van der Waals surface area (Å²) in [5, 5.41) is 15.5. The first-order valence-electron chi connectivity index (χ1n) is 15.1. The van der Waals surface area contributed by atoms with Crippen molar-refractivity contribution in [3.05, 3.63) is 144 Å². The molecule has 230 valence electrons. The molecule has 4 aromatic carbocycles. The highest BCUT2D eigenvalue weighted by Gasteiger charge is 2.17. The van der Waals surface area contributed by atoms with Gasteiger partial charge in [-0.05, 0) is 73.0 Å². The Morgan fingerprint density at radius 2 is 1.13 bits per heavy atom. The summed E-state index contributed by atoms with van der Waals surface area (Å²) in [6.45, 7) is 2.44. The van der Waals surface area contributed by atoms with Gasteiger partial charge in [-0.2, -0.15) is 0 Å². The SMILES string of the molecule is C/C(CCC(=O)O)=N\OC(c1ccc(OCc2ccc3ccccc3n2)cc1)c1ccc(OCc2ccc3ccccc3n2)cc1. The molecule has 6 aromatic rings. The molecule has 0 saturated heterocycles. The molecule has 0 fully saturated rings. The molecule has 0 aliphatic heterocycles. The third kappa shape index (κ3) is 7.84. The van der Waals surface area contributed by atoms with Crippen LogP contribution in [0, 0.1) is 0 Å². The number of carboxylic acid groups (broad SMARTS) is 1. The largest absolute Gasteiger partial charge is 0.487 e. The van der Waals surface area contributed by atoms with E-state index in [4.69, 9.17) is 19.4 Å². The summed E-state index contributed by atoms with van der Waals surface area (Å²) in [6.07, 6.45) is -0.251. The van der Waals surface area contributed by atoms with Gasteiger partial charge in [-0.15, -0.1) is 0 Å².